The van der Waals surface area contributed by atoms with Crippen molar-refractivity contribution in [2.75, 3.05) is 18.4 Å². The van der Waals surface area contributed by atoms with Crippen molar-refractivity contribution in [1.82, 2.24) is 10.0 Å². The van der Waals surface area contributed by atoms with Gasteiger partial charge in [-0.25, -0.2) is 13.1 Å². The third-order valence-corrected chi connectivity index (χ3v) is 5.35. The summed E-state index contributed by atoms with van der Waals surface area (Å²) in [4.78, 5) is 12.4. The van der Waals surface area contributed by atoms with E-state index in [0.29, 0.717) is 18.2 Å². The summed E-state index contributed by atoms with van der Waals surface area (Å²) in [6.07, 6.45) is 0. The van der Waals surface area contributed by atoms with Gasteiger partial charge < -0.3 is 10.6 Å². The summed E-state index contributed by atoms with van der Waals surface area (Å²) in [5.74, 6) is 0.217. The van der Waals surface area contributed by atoms with Crippen molar-refractivity contribution in [3.05, 3.63) is 24.3 Å². The zero-order valence-corrected chi connectivity index (χ0v) is 13.9. The Kier molecular flexibility index (Phi) is 5.20. The Morgan fingerprint density at radius 3 is 2.36 bits per heavy atom. The second-order valence-corrected chi connectivity index (χ2v) is 7.75. The largest absolute Gasteiger partial charge is 0.326 e. The van der Waals surface area contributed by atoms with E-state index in [2.05, 4.69) is 15.4 Å². The minimum Gasteiger partial charge on any atom is -0.326 e. The number of carbonyl (C=O) groups is 1. The van der Waals surface area contributed by atoms with E-state index >= 15 is 0 Å². The van der Waals surface area contributed by atoms with Crippen LogP contribution in [0.5, 0.6) is 0 Å². The van der Waals surface area contributed by atoms with Gasteiger partial charge in [0.05, 0.1) is 10.8 Å². The lowest BCUT2D eigenvalue weighted by Gasteiger charge is -2.14. The molecule has 3 N–H and O–H groups in total. The van der Waals surface area contributed by atoms with E-state index in [1.54, 1.807) is 26.0 Å². The van der Waals surface area contributed by atoms with Crippen molar-refractivity contribution in [2.24, 2.45) is 11.8 Å². The van der Waals surface area contributed by atoms with Crippen LogP contribution < -0.4 is 15.4 Å². The lowest BCUT2D eigenvalue weighted by molar-refractivity contribution is -0.120. The van der Waals surface area contributed by atoms with Crippen LogP contribution in [-0.2, 0) is 14.8 Å². The SMILES string of the molecule is CC(C)NS(=O)(=O)c1ccc(NC(=O)[C@@H]2CNC[C@H]2C)cc1. The quantitative estimate of drug-likeness (QED) is 0.758. The van der Waals surface area contributed by atoms with Gasteiger partial charge in [-0.1, -0.05) is 6.92 Å². The fourth-order valence-electron chi connectivity index (χ4n) is 2.49. The Morgan fingerprint density at radius 1 is 1.23 bits per heavy atom. The van der Waals surface area contributed by atoms with Crippen LogP contribution in [0.25, 0.3) is 0 Å². The zero-order valence-electron chi connectivity index (χ0n) is 13.1. The second-order valence-electron chi connectivity index (χ2n) is 6.03. The van der Waals surface area contributed by atoms with E-state index in [1.165, 1.54) is 12.1 Å². The van der Waals surface area contributed by atoms with Crippen LogP contribution in [0, 0.1) is 11.8 Å². The maximum Gasteiger partial charge on any atom is 0.240 e. The predicted octanol–water partition coefficient (Wildman–Crippen LogP) is 1.17. The highest BCUT2D eigenvalue weighted by molar-refractivity contribution is 7.89. The van der Waals surface area contributed by atoms with Crippen molar-refractivity contribution in [3.8, 4) is 0 Å². The van der Waals surface area contributed by atoms with E-state index in [1.807, 2.05) is 6.92 Å². The van der Waals surface area contributed by atoms with Gasteiger partial charge >= 0.3 is 0 Å². The van der Waals surface area contributed by atoms with Gasteiger partial charge in [-0.15, -0.1) is 0 Å². The Bertz CT molecular complexity index is 626. The molecule has 1 aromatic carbocycles. The van der Waals surface area contributed by atoms with Gasteiger partial charge in [-0.05, 0) is 50.6 Å². The minimum atomic E-state index is -3.50. The molecule has 0 radical (unpaired) electrons. The molecule has 0 bridgehead atoms. The highest BCUT2D eigenvalue weighted by Gasteiger charge is 2.29. The molecular weight excluding hydrogens is 302 g/mol. The first kappa shape index (κ1) is 16.9. The smallest absolute Gasteiger partial charge is 0.240 e. The van der Waals surface area contributed by atoms with E-state index in [-0.39, 0.29) is 22.8 Å². The number of hydrogen-bond donors (Lipinski definition) is 3. The minimum absolute atomic E-state index is 0.0339. The van der Waals surface area contributed by atoms with E-state index in [9.17, 15) is 13.2 Å². The van der Waals surface area contributed by atoms with Gasteiger partial charge in [0.2, 0.25) is 15.9 Å². The zero-order chi connectivity index (χ0) is 16.3. The molecule has 22 heavy (non-hydrogen) atoms. The molecule has 1 fully saturated rings. The third-order valence-electron chi connectivity index (χ3n) is 3.68. The molecule has 1 heterocycles. The van der Waals surface area contributed by atoms with Gasteiger partial charge in [0.15, 0.2) is 0 Å². The third kappa shape index (κ3) is 4.06. The summed E-state index contributed by atoms with van der Waals surface area (Å²) >= 11 is 0. The lowest BCUT2D eigenvalue weighted by Crippen LogP contribution is -2.30. The summed E-state index contributed by atoms with van der Waals surface area (Å²) in [6, 6.07) is 6.05. The summed E-state index contributed by atoms with van der Waals surface area (Å²) in [7, 11) is -3.50. The first-order valence-electron chi connectivity index (χ1n) is 7.43. The molecule has 1 aliphatic heterocycles. The molecule has 7 heteroatoms. The summed E-state index contributed by atoms with van der Waals surface area (Å²) in [5.41, 5.74) is 0.604. The Morgan fingerprint density at radius 2 is 1.86 bits per heavy atom. The van der Waals surface area contributed by atoms with Gasteiger partial charge in [0, 0.05) is 18.3 Å². The van der Waals surface area contributed by atoms with Crippen molar-refractivity contribution >= 4 is 21.6 Å². The standard InChI is InChI=1S/C15H23N3O3S/c1-10(2)18-22(20,21)13-6-4-12(5-7-13)17-15(19)14-9-16-8-11(14)3/h4-7,10-11,14,16,18H,8-9H2,1-3H3,(H,17,19)/t11-,14-/m1/s1. The molecule has 0 aromatic heterocycles. The monoisotopic (exact) mass is 325 g/mol. The molecule has 2 atom stereocenters. The summed E-state index contributed by atoms with van der Waals surface area (Å²) in [5, 5.41) is 6.03. The van der Waals surface area contributed by atoms with Crippen LogP contribution in [0.4, 0.5) is 5.69 Å². The molecule has 0 saturated carbocycles. The van der Waals surface area contributed by atoms with Crippen molar-refractivity contribution in [2.45, 2.75) is 31.7 Å². The summed E-state index contributed by atoms with van der Waals surface area (Å²) < 4.78 is 26.6. The number of nitrogens with one attached hydrogen (secondary N) is 3. The molecule has 6 nitrogen and oxygen atoms in total. The molecule has 122 valence electrons. The number of hydrogen-bond acceptors (Lipinski definition) is 4. The van der Waals surface area contributed by atoms with Gasteiger partial charge in [-0.3, -0.25) is 4.79 Å². The molecule has 1 aliphatic rings. The highest BCUT2D eigenvalue weighted by Crippen LogP contribution is 2.19. The van der Waals surface area contributed by atoms with Gasteiger partial charge in [0.1, 0.15) is 0 Å². The fourth-order valence-corrected chi connectivity index (χ4v) is 3.74. The highest BCUT2D eigenvalue weighted by atomic mass is 32.2. The molecule has 0 unspecified atom stereocenters. The number of rotatable bonds is 5. The van der Waals surface area contributed by atoms with Crippen LogP contribution in [0.15, 0.2) is 29.2 Å². The predicted molar refractivity (Wildman–Crippen MR) is 86.1 cm³/mol. The first-order valence-corrected chi connectivity index (χ1v) is 8.92. The maximum absolute atomic E-state index is 12.2. The topological polar surface area (TPSA) is 87.3 Å². The van der Waals surface area contributed by atoms with Crippen LogP contribution in [-0.4, -0.2) is 33.5 Å². The average Bonchev–Trinajstić information content (AvgIpc) is 2.84. The van der Waals surface area contributed by atoms with Crippen LogP contribution in [0.3, 0.4) is 0 Å². The molecule has 0 aliphatic carbocycles. The Balaban J connectivity index is 2.04. The lowest BCUT2D eigenvalue weighted by atomic mass is 9.97. The van der Waals surface area contributed by atoms with Crippen molar-refractivity contribution in [3.63, 3.8) is 0 Å². The average molecular weight is 325 g/mol. The molecule has 1 aromatic rings. The van der Waals surface area contributed by atoms with Crippen molar-refractivity contribution in [1.29, 1.82) is 0 Å². The van der Waals surface area contributed by atoms with Gasteiger partial charge in [0.25, 0.3) is 0 Å². The Labute approximate surface area is 131 Å². The number of amides is 1. The summed E-state index contributed by atoms with van der Waals surface area (Å²) in [6.45, 7) is 7.09. The molecule has 1 saturated heterocycles. The fraction of sp³-hybridized carbons (Fsp3) is 0.533. The van der Waals surface area contributed by atoms with Crippen LogP contribution in [0.2, 0.25) is 0 Å². The van der Waals surface area contributed by atoms with E-state index < -0.39 is 10.0 Å². The number of sulfonamides is 1. The Hall–Kier alpha value is -1.44. The van der Waals surface area contributed by atoms with Gasteiger partial charge in [-0.2, -0.15) is 0 Å². The second kappa shape index (κ2) is 6.76. The van der Waals surface area contributed by atoms with Crippen molar-refractivity contribution < 1.29 is 13.2 Å². The van der Waals surface area contributed by atoms with E-state index in [0.717, 1.165) is 6.54 Å². The molecule has 2 rings (SSSR count). The molecule has 0 spiro atoms. The number of anilines is 1. The molecule has 1 amide bonds. The van der Waals surface area contributed by atoms with Crippen LogP contribution >= 0.6 is 0 Å². The number of carbonyl (C=O) groups excluding carboxylic acids is 1. The first-order chi connectivity index (χ1) is 10.3. The van der Waals surface area contributed by atoms with Crippen LogP contribution in [0.1, 0.15) is 20.8 Å². The maximum atomic E-state index is 12.2. The molecular formula is C15H23N3O3S. The normalized spacial score (nSPS) is 22.0. The number of benzene rings is 1. The van der Waals surface area contributed by atoms with E-state index in [4.69, 9.17) is 0 Å².